The highest BCUT2D eigenvalue weighted by molar-refractivity contribution is 7.99. The van der Waals surface area contributed by atoms with E-state index in [0.29, 0.717) is 18.8 Å². The van der Waals surface area contributed by atoms with Gasteiger partial charge in [0.05, 0.1) is 0 Å². The molecule has 0 radical (unpaired) electrons. The molecule has 0 atom stereocenters. The predicted molar refractivity (Wildman–Crippen MR) is 105 cm³/mol. The molecule has 3 aromatic rings. The fourth-order valence-electron chi connectivity index (χ4n) is 2.61. The number of amides is 1. The number of nitrogens with one attached hydrogen (secondary N) is 3. The average molecular weight is 405 g/mol. The fraction of sp³-hybridized carbons (Fsp3) is 0.333. The number of carbonyl (C=O) groups excluding carboxylic acids is 1. The van der Waals surface area contributed by atoms with Crippen LogP contribution in [0.15, 0.2) is 38.8 Å². The van der Waals surface area contributed by atoms with Gasteiger partial charge in [-0.2, -0.15) is 0 Å². The largest absolute Gasteiger partial charge is 0.356 e. The SMILES string of the molecule is Cn1c(=O)[nH]c(=O)c2[nH]c(CCC(=O)NCCCSc3ccc(F)cc3)nc21. The molecule has 2 aromatic heterocycles. The van der Waals surface area contributed by atoms with Gasteiger partial charge < -0.3 is 10.3 Å². The number of benzene rings is 1. The Morgan fingerprint density at radius 1 is 1.25 bits per heavy atom. The Labute approximate surface area is 163 Å². The molecule has 0 bridgehead atoms. The molecule has 1 aromatic carbocycles. The van der Waals surface area contributed by atoms with E-state index in [0.717, 1.165) is 17.1 Å². The second kappa shape index (κ2) is 8.87. The summed E-state index contributed by atoms with van der Waals surface area (Å²) in [5.74, 6) is 0.915. The lowest BCUT2D eigenvalue weighted by molar-refractivity contribution is -0.121. The van der Waals surface area contributed by atoms with Crippen molar-refractivity contribution < 1.29 is 9.18 Å². The van der Waals surface area contributed by atoms with E-state index in [1.165, 1.54) is 23.7 Å². The van der Waals surface area contributed by atoms with Crippen LogP contribution < -0.4 is 16.6 Å². The standard InChI is InChI=1S/C18H20FN5O3S/c1-24-16-15(17(26)23-18(24)27)21-13(22-16)7-8-14(25)20-9-2-10-28-12-5-3-11(19)4-6-12/h3-6H,2,7-10H2,1H3,(H,20,25)(H,21,22)(H,23,26,27). The maximum atomic E-state index is 12.8. The molecule has 0 aliphatic rings. The van der Waals surface area contributed by atoms with Crippen molar-refractivity contribution in [1.82, 2.24) is 24.8 Å². The van der Waals surface area contributed by atoms with Crippen molar-refractivity contribution in [2.24, 2.45) is 7.05 Å². The van der Waals surface area contributed by atoms with Gasteiger partial charge in [0.1, 0.15) is 17.2 Å². The van der Waals surface area contributed by atoms with Crippen LogP contribution in [0.25, 0.3) is 11.2 Å². The average Bonchev–Trinajstić information content (AvgIpc) is 3.11. The Morgan fingerprint density at radius 2 is 2.00 bits per heavy atom. The van der Waals surface area contributed by atoms with Gasteiger partial charge in [0, 0.05) is 31.3 Å². The second-order valence-electron chi connectivity index (χ2n) is 6.21. The molecule has 3 rings (SSSR count). The van der Waals surface area contributed by atoms with E-state index in [4.69, 9.17) is 0 Å². The van der Waals surface area contributed by atoms with E-state index in [9.17, 15) is 18.8 Å². The number of aromatic nitrogens is 4. The zero-order valence-electron chi connectivity index (χ0n) is 15.3. The minimum Gasteiger partial charge on any atom is -0.356 e. The minimum atomic E-state index is -0.535. The van der Waals surface area contributed by atoms with Crippen LogP contribution in [-0.4, -0.2) is 37.7 Å². The van der Waals surface area contributed by atoms with E-state index in [1.54, 1.807) is 23.9 Å². The van der Waals surface area contributed by atoms with Gasteiger partial charge in [0.15, 0.2) is 5.65 Å². The Kier molecular flexibility index (Phi) is 6.30. The van der Waals surface area contributed by atoms with Crippen LogP contribution in [0.2, 0.25) is 0 Å². The number of thioether (sulfide) groups is 1. The van der Waals surface area contributed by atoms with Crippen molar-refractivity contribution in [2.75, 3.05) is 12.3 Å². The smallest absolute Gasteiger partial charge is 0.329 e. The first-order chi connectivity index (χ1) is 13.4. The number of hydrogen-bond acceptors (Lipinski definition) is 5. The molecule has 0 aliphatic carbocycles. The van der Waals surface area contributed by atoms with E-state index >= 15 is 0 Å². The number of halogens is 1. The first-order valence-electron chi connectivity index (χ1n) is 8.77. The van der Waals surface area contributed by atoms with Gasteiger partial charge in [-0.1, -0.05) is 0 Å². The van der Waals surface area contributed by atoms with E-state index in [-0.39, 0.29) is 29.3 Å². The summed E-state index contributed by atoms with van der Waals surface area (Å²) in [6.07, 6.45) is 1.34. The third kappa shape index (κ3) is 4.89. The third-order valence-corrected chi connectivity index (χ3v) is 5.22. The van der Waals surface area contributed by atoms with Crippen LogP contribution in [0, 0.1) is 5.82 Å². The Hall–Kier alpha value is -2.88. The molecule has 8 nitrogen and oxygen atoms in total. The number of aromatic amines is 2. The molecular formula is C18H20FN5O3S. The Morgan fingerprint density at radius 3 is 2.75 bits per heavy atom. The Bertz CT molecular complexity index is 1090. The molecule has 2 heterocycles. The molecule has 148 valence electrons. The summed E-state index contributed by atoms with van der Waals surface area (Å²) in [7, 11) is 1.52. The number of fused-ring (bicyclic) bond motifs is 1. The molecule has 0 saturated carbocycles. The Balaban J connectivity index is 1.42. The topological polar surface area (TPSA) is 113 Å². The molecule has 10 heteroatoms. The lowest BCUT2D eigenvalue weighted by Crippen LogP contribution is -2.28. The van der Waals surface area contributed by atoms with Gasteiger partial charge in [-0.25, -0.2) is 14.2 Å². The molecule has 0 saturated heterocycles. The van der Waals surface area contributed by atoms with Crippen LogP contribution in [-0.2, 0) is 18.3 Å². The van der Waals surface area contributed by atoms with Gasteiger partial charge in [-0.15, -0.1) is 11.8 Å². The summed E-state index contributed by atoms with van der Waals surface area (Å²) in [5.41, 5.74) is -0.580. The first-order valence-corrected chi connectivity index (χ1v) is 9.75. The van der Waals surface area contributed by atoms with Crippen molar-refractivity contribution in [3.63, 3.8) is 0 Å². The summed E-state index contributed by atoms with van der Waals surface area (Å²) in [4.78, 5) is 45.6. The number of hydrogen-bond donors (Lipinski definition) is 3. The van der Waals surface area contributed by atoms with Gasteiger partial charge in [0.25, 0.3) is 5.56 Å². The number of imidazole rings is 1. The van der Waals surface area contributed by atoms with Crippen molar-refractivity contribution in [3.05, 3.63) is 56.7 Å². The molecule has 28 heavy (non-hydrogen) atoms. The highest BCUT2D eigenvalue weighted by Crippen LogP contribution is 2.18. The maximum absolute atomic E-state index is 12.8. The van der Waals surface area contributed by atoms with Crippen molar-refractivity contribution in [1.29, 1.82) is 0 Å². The van der Waals surface area contributed by atoms with Crippen molar-refractivity contribution >= 4 is 28.8 Å². The monoisotopic (exact) mass is 405 g/mol. The number of nitrogens with zero attached hydrogens (tertiary/aromatic N) is 2. The zero-order valence-corrected chi connectivity index (χ0v) is 16.1. The lowest BCUT2D eigenvalue weighted by atomic mass is 10.3. The number of carbonyl (C=O) groups is 1. The number of H-pyrrole nitrogens is 2. The molecule has 0 unspecified atom stereocenters. The van der Waals surface area contributed by atoms with Crippen LogP contribution in [0.4, 0.5) is 4.39 Å². The molecule has 0 fully saturated rings. The summed E-state index contributed by atoms with van der Waals surface area (Å²) in [5, 5.41) is 2.84. The summed E-state index contributed by atoms with van der Waals surface area (Å²) in [6, 6.07) is 6.31. The first kappa shape index (κ1) is 19.9. The molecule has 1 amide bonds. The van der Waals surface area contributed by atoms with Gasteiger partial charge >= 0.3 is 5.69 Å². The fourth-order valence-corrected chi connectivity index (χ4v) is 3.47. The molecular weight excluding hydrogens is 385 g/mol. The second-order valence-corrected chi connectivity index (χ2v) is 7.37. The van der Waals surface area contributed by atoms with Gasteiger partial charge in [0.2, 0.25) is 5.91 Å². The zero-order chi connectivity index (χ0) is 20.1. The van der Waals surface area contributed by atoms with Crippen molar-refractivity contribution in [2.45, 2.75) is 24.2 Å². The number of aryl methyl sites for hydroxylation is 2. The summed E-state index contributed by atoms with van der Waals surface area (Å²) >= 11 is 1.60. The highest BCUT2D eigenvalue weighted by atomic mass is 32.2. The lowest BCUT2D eigenvalue weighted by Gasteiger charge is -2.05. The third-order valence-electron chi connectivity index (χ3n) is 4.12. The van der Waals surface area contributed by atoms with Crippen LogP contribution in [0.5, 0.6) is 0 Å². The van der Waals surface area contributed by atoms with E-state index < -0.39 is 11.2 Å². The summed E-state index contributed by atoms with van der Waals surface area (Å²) < 4.78 is 14.1. The minimum absolute atomic E-state index is 0.116. The maximum Gasteiger partial charge on any atom is 0.329 e. The molecule has 0 spiro atoms. The van der Waals surface area contributed by atoms with Crippen LogP contribution >= 0.6 is 11.8 Å². The quantitative estimate of drug-likeness (QED) is 0.386. The van der Waals surface area contributed by atoms with E-state index in [2.05, 4.69) is 20.3 Å². The predicted octanol–water partition coefficient (Wildman–Crippen LogP) is 1.32. The summed E-state index contributed by atoms with van der Waals surface area (Å²) in [6.45, 7) is 0.543. The van der Waals surface area contributed by atoms with Crippen molar-refractivity contribution in [3.8, 4) is 0 Å². The normalized spacial score (nSPS) is 11.1. The van der Waals surface area contributed by atoms with Crippen LogP contribution in [0.1, 0.15) is 18.7 Å². The van der Waals surface area contributed by atoms with Gasteiger partial charge in [-0.05, 0) is 36.4 Å². The van der Waals surface area contributed by atoms with E-state index in [1.807, 2.05) is 0 Å². The number of rotatable bonds is 8. The van der Waals surface area contributed by atoms with Crippen LogP contribution in [0.3, 0.4) is 0 Å². The molecule has 0 aliphatic heterocycles. The van der Waals surface area contributed by atoms with Gasteiger partial charge in [-0.3, -0.25) is 19.1 Å². The highest BCUT2D eigenvalue weighted by Gasteiger charge is 2.11. The molecule has 3 N–H and O–H groups in total.